The number of benzene rings is 3. The molecule has 0 saturated heterocycles. The number of rotatable bonds is 5. The van der Waals surface area contributed by atoms with Gasteiger partial charge in [-0.15, -0.1) is 0 Å². The molecular weight excluding hydrogens is 679 g/mol. The maximum absolute atomic E-state index is 15.5. The molecule has 0 aliphatic carbocycles. The van der Waals surface area contributed by atoms with Crippen LogP contribution in [0.4, 0.5) is 45.2 Å². The molecule has 0 spiro atoms. The van der Waals surface area contributed by atoms with Crippen LogP contribution < -0.4 is 10.6 Å². The summed E-state index contributed by atoms with van der Waals surface area (Å²) in [5, 5.41) is 0. The molecule has 0 radical (unpaired) electrons. The SMILES string of the molecule is CN(C(=O)c1ccc(F)c(-c2ccccc2C(N)=O)c1F)c1c(Br)cc(C(F)(C(F)(F)F)C(F)(F)F)cc1Br. The Labute approximate surface area is 230 Å². The number of halogens is 11. The predicted molar refractivity (Wildman–Crippen MR) is 130 cm³/mol. The zero-order valence-corrected chi connectivity index (χ0v) is 22.3. The van der Waals surface area contributed by atoms with Crippen LogP contribution in [0.3, 0.4) is 0 Å². The standard InChI is InChI=1S/C24H13Br2F9N2O2/c1-37(19-14(25)8-10(9-15(19)26)22(29,23(30,31)32)24(33,34)35)21(39)13-6-7-16(27)17(18(13)28)11-4-2-3-5-12(11)20(36)38/h2-9H,1H3,(H2,36,38). The summed E-state index contributed by atoms with van der Waals surface area (Å²) in [4.78, 5) is 25.6. The number of hydrogen-bond acceptors (Lipinski definition) is 2. The second-order valence-corrected chi connectivity index (χ2v) is 9.71. The number of nitrogens with two attached hydrogens (primary N) is 1. The van der Waals surface area contributed by atoms with E-state index in [0.29, 0.717) is 11.0 Å². The third kappa shape index (κ3) is 5.25. The van der Waals surface area contributed by atoms with Crippen LogP contribution in [0.25, 0.3) is 11.1 Å². The minimum Gasteiger partial charge on any atom is -0.366 e. The molecule has 3 aromatic carbocycles. The summed E-state index contributed by atoms with van der Waals surface area (Å²) in [6, 6.07) is 6.93. The molecule has 15 heteroatoms. The van der Waals surface area contributed by atoms with Crippen LogP contribution in [-0.4, -0.2) is 31.2 Å². The molecule has 0 atom stereocenters. The van der Waals surface area contributed by atoms with E-state index < -0.39 is 72.8 Å². The summed E-state index contributed by atoms with van der Waals surface area (Å²) in [7, 11) is 0.989. The highest BCUT2D eigenvalue weighted by molar-refractivity contribution is 9.11. The fraction of sp³-hybridized carbons (Fsp3) is 0.167. The van der Waals surface area contributed by atoms with E-state index >= 15 is 4.39 Å². The molecule has 0 saturated carbocycles. The van der Waals surface area contributed by atoms with Crippen molar-refractivity contribution in [3.05, 3.63) is 85.8 Å². The highest BCUT2D eigenvalue weighted by atomic mass is 79.9. The van der Waals surface area contributed by atoms with Crippen molar-refractivity contribution in [2.45, 2.75) is 18.0 Å². The zero-order valence-electron chi connectivity index (χ0n) is 19.1. The first-order chi connectivity index (χ1) is 17.8. The van der Waals surface area contributed by atoms with Gasteiger partial charge in [0.1, 0.15) is 11.6 Å². The molecule has 0 heterocycles. The van der Waals surface area contributed by atoms with Crippen LogP contribution in [0.5, 0.6) is 0 Å². The smallest absolute Gasteiger partial charge is 0.366 e. The van der Waals surface area contributed by atoms with Crippen molar-refractivity contribution in [3.63, 3.8) is 0 Å². The number of anilines is 1. The van der Waals surface area contributed by atoms with Crippen LogP contribution in [0, 0.1) is 11.6 Å². The fourth-order valence-corrected chi connectivity index (χ4v) is 5.45. The first kappa shape index (κ1) is 30.5. The zero-order chi connectivity index (χ0) is 29.7. The number of primary amides is 1. The molecule has 0 aliphatic rings. The molecule has 3 rings (SSSR count). The normalized spacial score (nSPS) is 12.4. The number of amides is 2. The fourth-order valence-electron chi connectivity index (χ4n) is 3.74. The van der Waals surface area contributed by atoms with Crippen molar-refractivity contribution in [2.24, 2.45) is 5.73 Å². The average Bonchev–Trinajstić information content (AvgIpc) is 2.81. The Balaban J connectivity index is 2.14. The van der Waals surface area contributed by atoms with Crippen molar-refractivity contribution in [1.29, 1.82) is 0 Å². The van der Waals surface area contributed by atoms with Crippen molar-refractivity contribution < 1.29 is 49.1 Å². The monoisotopic (exact) mass is 690 g/mol. The van der Waals surface area contributed by atoms with Crippen molar-refractivity contribution >= 4 is 49.4 Å². The second-order valence-electron chi connectivity index (χ2n) is 8.00. The van der Waals surface area contributed by atoms with E-state index in [9.17, 15) is 44.7 Å². The van der Waals surface area contributed by atoms with E-state index in [2.05, 4.69) is 31.9 Å². The van der Waals surface area contributed by atoms with Crippen molar-refractivity contribution in [1.82, 2.24) is 0 Å². The van der Waals surface area contributed by atoms with Crippen molar-refractivity contribution in [3.8, 4) is 11.1 Å². The van der Waals surface area contributed by atoms with Gasteiger partial charge in [0.2, 0.25) is 5.91 Å². The van der Waals surface area contributed by atoms with E-state index in [1.165, 1.54) is 24.3 Å². The average molecular weight is 692 g/mol. The lowest BCUT2D eigenvalue weighted by Crippen LogP contribution is -2.50. The lowest BCUT2D eigenvalue weighted by atomic mass is 9.93. The number of hydrogen-bond donors (Lipinski definition) is 1. The number of carbonyl (C=O) groups excluding carboxylic acids is 2. The largest absolute Gasteiger partial charge is 0.435 e. The van der Waals surface area contributed by atoms with Gasteiger partial charge in [-0.2, -0.15) is 26.3 Å². The lowest BCUT2D eigenvalue weighted by molar-refractivity contribution is -0.348. The number of alkyl halides is 7. The Morgan fingerprint density at radius 3 is 1.82 bits per heavy atom. The molecule has 39 heavy (non-hydrogen) atoms. The van der Waals surface area contributed by atoms with E-state index in [1.54, 1.807) is 0 Å². The van der Waals surface area contributed by atoms with E-state index in [0.717, 1.165) is 13.1 Å². The minimum atomic E-state index is -6.39. The molecule has 4 nitrogen and oxygen atoms in total. The van der Waals surface area contributed by atoms with Gasteiger partial charge in [-0.25, -0.2) is 13.2 Å². The molecule has 0 fully saturated rings. The summed E-state index contributed by atoms with van der Waals surface area (Å²) in [6.45, 7) is 0. The minimum absolute atomic E-state index is 0.181. The Kier molecular flexibility index (Phi) is 8.19. The first-order valence-corrected chi connectivity index (χ1v) is 11.9. The molecule has 0 unspecified atom stereocenters. The van der Waals surface area contributed by atoms with Crippen LogP contribution >= 0.6 is 31.9 Å². The molecule has 2 amide bonds. The van der Waals surface area contributed by atoms with Gasteiger partial charge in [-0.05, 0) is 62.2 Å². The van der Waals surface area contributed by atoms with Gasteiger partial charge in [-0.1, -0.05) is 18.2 Å². The Bertz CT molecular complexity index is 1440. The van der Waals surface area contributed by atoms with Gasteiger partial charge in [-0.3, -0.25) is 9.59 Å². The number of carbonyl (C=O) groups is 2. The highest BCUT2D eigenvalue weighted by Crippen LogP contribution is 2.54. The first-order valence-electron chi connectivity index (χ1n) is 10.3. The molecule has 0 bridgehead atoms. The Hall–Kier alpha value is -3.07. The molecule has 0 aromatic heterocycles. The Morgan fingerprint density at radius 1 is 0.821 bits per heavy atom. The Morgan fingerprint density at radius 2 is 1.33 bits per heavy atom. The van der Waals surface area contributed by atoms with Gasteiger partial charge in [0, 0.05) is 32.7 Å². The molecule has 2 N–H and O–H groups in total. The molecule has 0 aliphatic heterocycles. The summed E-state index contributed by atoms with van der Waals surface area (Å²) < 4.78 is 123. The maximum Gasteiger partial charge on any atom is 0.435 e. The lowest BCUT2D eigenvalue weighted by Gasteiger charge is -2.31. The van der Waals surface area contributed by atoms with E-state index in [4.69, 9.17) is 5.73 Å². The predicted octanol–water partition coefficient (Wildman–Crippen LogP) is 7.82. The summed E-state index contributed by atoms with van der Waals surface area (Å²) in [6.07, 6.45) is -12.8. The summed E-state index contributed by atoms with van der Waals surface area (Å²) in [5.74, 6) is -4.84. The summed E-state index contributed by atoms with van der Waals surface area (Å²) >= 11 is 5.48. The van der Waals surface area contributed by atoms with Gasteiger partial charge in [0.25, 0.3) is 5.91 Å². The van der Waals surface area contributed by atoms with E-state index in [1.807, 2.05) is 0 Å². The van der Waals surface area contributed by atoms with Gasteiger partial charge >= 0.3 is 18.0 Å². The van der Waals surface area contributed by atoms with Gasteiger partial charge in [0.05, 0.1) is 16.8 Å². The summed E-state index contributed by atoms with van der Waals surface area (Å²) in [5.41, 5.74) is -4.83. The van der Waals surface area contributed by atoms with Crippen molar-refractivity contribution in [2.75, 3.05) is 11.9 Å². The van der Waals surface area contributed by atoms with Crippen LogP contribution in [0.2, 0.25) is 0 Å². The second kappa shape index (κ2) is 10.5. The maximum atomic E-state index is 15.5. The third-order valence-electron chi connectivity index (χ3n) is 5.62. The van der Waals surface area contributed by atoms with E-state index in [-0.39, 0.29) is 23.3 Å². The molecular formula is C24H13Br2F9N2O2. The molecule has 3 aromatic rings. The van der Waals surface area contributed by atoms with Crippen LogP contribution in [0.15, 0.2) is 57.5 Å². The third-order valence-corrected chi connectivity index (χ3v) is 6.83. The van der Waals surface area contributed by atoms with Gasteiger partial charge < -0.3 is 10.6 Å². The molecule has 208 valence electrons. The van der Waals surface area contributed by atoms with Gasteiger partial charge in [0.15, 0.2) is 0 Å². The quantitative estimate of drug-likeness (QED) is 0.278. The van der Waals surface area contributed by atoms with Crippen LogP contribution in [0.1, 0.15) is 26.3 Å². The number of nitrogens with zero attached hydrogens (tertiary/aromatic N) is 1. The van der Waals surface area contributed by atoms with Crippen LogP contribution in [-0.2, 0) is 5.67 Å². The highest BCUT2D eigenvalue weighted by Gasteiger charge is 2.73. The topological polar surface area (TPSA) is 63.4 Å².